The fraction of sp³-hybridized carbons (Fsp3) is 0.853. The topological polar surface area (TPSA) is 69.6 Å². The molecule has 2 unspecified atom stereocenters. The zero-order valence-corrected chi connectivity index (χ0v) is 53.7. The van der Waals surface area contributed by atoms with Gasteiger partial charge in [-0.1, -0.05) is 389 Å². The van der Waals surface area contributed by atoms with Crippen LogP contribution in [0.4, 0.5) is 0 Å². The molecule has 4 heteroatoms. The van der Waals surface area contributed by atoms with Crippen molar-refractivity contribution in [1.82, 2.24) is 5.32 Å². The number of aliphatic hydroxyl groups is 2. The van der Waals surface area contributed by atoms with Crippen LogP contribution in [0.15, 0.2) is 60.8 Å². The Balaban J connectivity index is 3.38. The first-order chi connectivity index (χ1) is 39.2. The quantitative estimate of drug-likeness (QED) is 0.0420. The summed E-state index contributed by atoms with van der Waals surface area (Å²) in [5, 5.41) is 23.5. The van der Waals surface area contributed by atoms with Gasteiger partial charge in [-0.25, -0.2) is 0 Å². The first kappa shape index (κ1) is 77.1. The molecule has 0 saturated heterocycles. The van der Waals surface area contributed by atoms with Crippen LogP contribution in [-0.4, -0.2) is 34.9 Å². The maximum atomic E-state index is 12.6. The summed E-state index contributed by atoms with van der Waals surface area (Å²) < 4.78 is 0. The second-order valence-corrected chi connectivity index (χ2v) is 24.6. The van der Waals surface area contributed by atoms with E-state index in [9.17, 15) is 15.0 Å². The third kappa shape index (κ3) is 66.8. The molecular formula is C75H141NO3. The second-order valence-electron chi connectivity index (χ2n) is 24.6. The van der Waals surface area contributed by atoms with Crippen molar-refractivity contribution in [3.8, 4) is 0 Å². The highest BCUT2D eigenvalue weighted by Gasteiger charge is 2.20. The van der Waals surface area contributed by atoms with Gasteiger partial charge in [0.05, 0.1) is 18.8 Å². The average molecular weight is 1100 g/mol. The molecule has 0 aromatic heterocycles. The van der Waals surface area contributed by atoms with E-state index in [1.807, 2.05) is 0 Å². The molecule has 0 bridgehead atoms. The van der Waals surface area contributed by atoms with Crippen LogP contribution in [0.1, 0.15) is 393 Å². The van der Waals surface area contributed by atoms with Gasteiger partial charge >= 0.3 is 0 Å². The number of hydrogen-bond acceptors (Lipinski definition) is 3. The van der Waals surface area contributed by atoms with Crippen molar-refractivity contribution < 1.29 is 15.0 Å². The van der Waals surface area contributed by atoms with Gasteiger partial charge in [-0.15, -0.1) is 0 Å². The van der Waals surface area contributed by atoms with Gasteiger partial charge in [0.15, 0.2) is 0 Å². The fourth-order valence-corrected chi connectivity index (χ4v) is 11.4. The molecule has 464 valence electrons. The van der Waals surface area contributed by atoms with Gasteiger partial charge in [-0.2, -0.15) is 0 Å². The Hall–Kier alpha value is -1.91. The number of nitrogens with one attached hydrogen (secondary N) is 1. The molecule has 3 N–H and O–H groups in total. The van der Waals surface area contributed by atoms with Gasteiger partial charge in [0.25, 0.3) is 0 Å². The minimum absolute atomic E-state index is 0.0228. The van der Waals surface area contributed by atoms with E-state index in [-0.39, 0.29) is 12.5 Å². The van der Waals surface area contributed by atoms with Gasteiger partial charge in [-0.3, -0.25) is 4.79 Å². The standard InChI is InChI=1S/C75H141NO3/c1-3-5-7-9-11-13-15-17-19-21-23-25-27-29-31-32-33-34-35-36-37-38-39-40-41-42-43-44-45-47-49-51-53-55-57-59-61-63-65-67-69-71-75(79)76-73(72-77)74(78)70-68-66-64-62-60-58-56-54-52-50-48-46-30-28-26-24-22-20-18-16-14-12-10-8-6-4-2/h5,7,11,13,17,19,23,25,29,31,73-74,77-78H,3-4,6,8-10,12,14-16,18,20-22,24,26-28,30,32-72H2,1-2H3,(H,76,79)/b7-5-,13-11-,19-17-,25-23-,31-29-. The van der Waals surface area contributed by atoms with Crippen molar-refractivity contribution in [3.63, 3.8) is 0 Å². The summed E-state index contributed by atoms with van der Waals surface area (Å²) in [6.07, 6.45) is 100. The van der Waals surface area contributed by atoms with Gasteiger partial charge in [0.2, 0.25) is 5.91 Å². The van der Waals surface area contributed by atoms with Crippen molar-refractivity contribution in [1.29, 1.82) is 0 Å². The summed E-state index contributed by atoms with van der Waals surface area (Å²) in [4.78, 5) is 12.6. The van der Waals surface area contributed by atoms with Crippen LogP contribution in [0.2, 0.25) is 0 Å². The minimum Gasteiger partial charge on any atom is -0.394 e. The first-order valence-corrected chi connectivity index (χ1v) is 36.0. The molecule has 0 rings (SSSR count). The van der Waals surface area contributed by atoms with Gasteiger partial charge in [-0.05, 0) is 57.8 Å². The molecule has 0 spiro atoms. The summed E-state index contributed by atoms with van der Waals surface area (Å²) in [6.45, 7) is 4.29. The van der Waals surface area contributed by atoms with E-state index in [1.54, 1.807) is 0 Å². The van der Waals surface area contributed by atoms with Crippen LogP contribution in [-0.2, 0) is 4.79 Å². The molecule has 0 aliphatic rings. The van der Waals surface area contributed by atoms with E-state index in [2.05, 4.69) is 79.9 Å². The third-order valence-electron chi connectivity index (χ3n) is 16.8. The summed E-state index contributed by atoms with van der Waals surface area (Å²) in [6, 6.07) is -0.537. The molecule has 1 amide bonds. The van der Waals surface area contributed by atoms with E-state index in [1.165, 1.54) is 308 Å². The van der Waals surface area contributed by atoms with Crippen LogP contribution in [0.25, 0.3) is 0 Å². The smallest absolute Gasteiger partial charge is 0.220 e. The highest BCUT2D eigenvalue weighted by Crippen LogP contribution is 2.19. The summed E-state index contributed by atoms with van der Waals surface area (Å²) in [5.41, 5.74) is 0. The lowest BCUT2D eigenvalue weighted by Crippen LogP contribution is -2.45. The van der Waals surface area contributed by atoms with Crippen LogP contribution >= 0.6 is 0 Å². The first-order valence-electron chi connectivity index (χ1n) is 36.0. The zero-order chi connectivity index (χ0) is 56.9. The highest BCUT2D eigenvalue weighted by molar-refractivity contribution is 5.76. The number of amides is 1. The third-order valence-corrected chi connectivity index (χ3v) is 16.8. The minimum atomic E-state index is -0.660. The van der Waals surface area contributed by atoms with Crippen molar-refractivity contribution >= 4 is 5.91 Å². The lowest BCUT2D eigenvalue weighted by Gasteiger charge is -2.22. The van der Waals surface area contributed by atoms with Crippen LogP contribution in [0.3, 0.4) is 0 Å². The van der Waals surface area contributed by atoms with E-state index < -0.39 is 12.1 Å². The highest BCUT2D eigenvalue weighted by atomic mass is 16.3. The Morgan fingerprint density at radius 3 is 0.835 bits per heavy atom. The maximum absolute atomic E-state index is 12.6. The van der Waals surface area contributed by atoms with Crippen LogP contribution in [0.5, 0.6) is 0 Å². The fourth-order valence-electron chi connectivity index (χ4n) is 11.4. The van der Waals surface area contributed by atoms with E-state index in [4.69, 9.17) is 0 Å². The molecule has 0 heterocycles. The Morgan fingerprint density at radius 2 is 0.557 bits per heavy atom. The SMILES string of the molecule is CC/C=C\C/C=C\C/C=C\C/C=C\C/C=C\CCCCCCCCCCCCCCCCCCCCCCCCCCCC(=O)NC(CO)C(O)CCCCCCCCCCCCCCCCCCCCCCCCCCCC. The number of aliphatic hydroxyl groups excluding tert-OH is 2. The van der Waals surface area contributed by atoms with Crippen molar-refractivity contribution in [2.75, 3.05) is 6.61 Å². The summed E-state index contributed by atoms with van der Waals surface area (Å²) in [5.74, 6) is -0.0228. The molecule has 0 radical (unpaired) electrons. The second kappa shape index (κ2) is 70.4. The van der Waals surface area contributed by atoms with Crippen molar-refractivity contribution in [3.05, 3.63) is 60.8 Å². The molecule has 0 aliphatic carbocycles. The number of hydrogen-bond donors (Lipinski definition) is 3. The molecule has 0 aromatic rings. The molecule has 0 aromatic carbocycles. The lowest BCUT2D eigenvalue weighted by atomic mass is 10.0. The Labute approximate surface area is 496 Å². The summed E-state index contributed by atoms with van der Waals surface area (Å²) in [7, 11) is 0. The molecule has 4 nitrogen and oxygen atoms in total. The summed E-state index contributed by atoms with van der Waals surface area (Å²) >= 11 is 0. The van der Waals surface area contributed by atoms with E-state index in [0.29, 0.717) is 12.8 Å². The molecule has 0 saturated carbocycles. The number of carbonyl (C=O) groups excluding carboxylic acids is 1. The predicted octanol–water partition coefficient (Wildman–Crippen LogP) is 24.7. The zero-order valence-electron chi connectivity index (χ0n) is 53.7. The van der Waals surface area contributed by atoms with E-state index >= 15 is 0 Å². The Morgan fingerprint density at radius 1 is 0.316 bits per heavy atom. The molecule has 0 aliphatic heterocycles. The number of unbranched alkanes of at least 4 members (excludes halogenated alkanes) is 50. The molecular weight excluding hydrogens is 963 g/mol. The normalized spacial score (nSPS) is 13.0. The Kier molecular flexibility index (Phi) is 68.7. The van der Waals surface area contributed by atoms with Gasteiger partial charge in [0, 0.05) is 6.42 Å². The maximum Gasteiger partial charge on any atom is 0.220 e. The van der Waals surface area contributed by atoms with Gasteiger partial charge < -0.3 is 15.5 Å². The largest absolute Gasteiger partial charge is 0.394 e. The number of allylic oxidation sites excluding steroid dienone is 10. The Bertz CT molecular complexity index is 1300. The van der Waals surface area contributed by atoms with Crippen LogP contribution < -0.4 is 5.32 Å². The number of rotatable bonds is 67. The van der Waals surface area contributed by atoms with Crippen molar-refractivity contribution in [2.45, 2.75) is 405 Å². The van der Waals surface area contributed by atoms with E-state index in [0.717, 1.165) is 57.8 Å². The number of carbonyl (C=O) groups is 1. The van der Waals surface area contributed by atoms with Crippen LogP contribution in [0, 0.1) is 0 Å². The molecule has 2 atom stereocenters. The lowest BCUT2D eigenvalue weighted by molar-refractivity contribution is -0.123. The molecule has 79 heavy (non-hydrogen) atoms. The predicted molar refractivity (Wildman–Crippen MR) is 354 cm³/mol. The van der Waals surface area contributed by atoms with Gasteiger partial charge in [0.1, 0.15) is 0 Å². The molecule has 0 fully saturated rings. The monoisotopic (exact) mass is 1100 g/mol. The average Bonchev–Trinajstić information content (AvgIpc) is 3.45. The van der Waals surface area contributed by atoms with Crippen molar-refractivity contribution in [2.24, 2.45) is 0 Å².